The van der Waals surface area contributed by atoms with Crippen molar-refractivity contribution in [3.05, 3.63) is 6.42 Å². The fraction of sp³-hybridized carbons (Fsp3) is 0.931. The summed E-state index contributed by atoms with van der Waals surface area (Å²) in [5.74, 6) is 1.75. The minimum atomic E-state index is 0.477. The number of fused-ring (bicyclic) bond motifs is 2. The Kier molecular flexibility index (Phi) is 14.1. The summed E-state index contributed by atoms with van der Waals surface area (Å²) in [6.07, 6.45) is 31.3. The summed E-state index contributed by atoms with van der Waals surface area (Å²) < 4.78 is 6.15. The van der Waals surface area contributed by atoms with E-state index in [2.05, 4.69) is 20.3 Å². The molecule has 0 aromatic rings. The van der Waals surface area contributed by atoms with Crippen LogP contribution >= 0.6 is 0 Å². The molecule has 0 aliphatic heterocycles. The van der Waals surface area contributed by atoms with Crippen molar-refractivity contribution in [3.8, 4) is 0 Å². The van der Waals surface area contributed by atoms with Gasteiger partial charge in [-0.15, -0.1) is 0 Å². The molecule has 3 unspecified atom stereocenters. The molecule has 31 heavy (non-hydrogen) atoms. The van der Waals surface area contributed by atoms with Gasteiger partial charge in [-0.1, -0.05) is 90.9 Å². The monoisotopic (exact) mass is 432 g/mol. The first kappa shape index (κ1) is 26.9. The average Bonchev–Trinajstić information content (AvgIpc) is 3.37. The van der Waals surface area contributed by atoms with Crippen LogP contribution in [0.3, 0.4) is 0 Å². The van der Waals surface area contributed by atoms with Gasteiger partial charge in [-0.2, -0.15) is 0 Å². The third-order valence-electron chi connectivity index (χ3n) is 7.90. The van der Waals surface area contributed by atoms with Crippen LogP contribution in [0.1, 0.15) is 142 Å². The van der Waals surface area contributed by atoms with Crippen LogP contribution in [0.4, 0.5) is 0 Å². The first-order chi connectivity index (χ1) is 15.1. The highest BCUT2D eigenvalue weighted by Crippen LogP contribution is 2.45. The van der Waals surface area contributed by atoms with Crippen molar-refractivity contribution in [2.45, 2.75) is 148 Å². The quantitative estimate of drug-likeness (QED) is 0.169. The number of ether oxygens (including phenoxy) is 1. The molecular weight excluding hydrogens is 380 g/mol. The van der Waals surface area contributed by atoms with Gasteiger partial charge in [0.25, 0.3) is 0 Å². The van der Waals surface area contributed by atoms with Gasteiger partial charge in [0.2, 0.25) is 0 Å². The summed E-state index contributed by atoms with van der Waals surface area (Å²) in [6.45, 7) is 5.84. The lowest BCUT2D eigenvalue weighted by atomic mass is 9.82. The van der Waals surface area contributed by atoms with E-state index in [0.29, 0.717) is 17.9 Å². The largest absolute Gasteiger partial charge is 0.378 e. The molecule has 0 amide bonds. The van der Waals surface area contributed by atoms with E-state index >= 15 is 0 Å². The van der Waals surface area contributed by atoms with Crippen LogP contribution in [0, 0.1) is 23.7 Å². The summed E-state index contributed by atoms with van der Waals surface area (Å²) in [4.78, 5) is 10.2. The van der Waals surface area contributed by atoms with Crippen molar-refractivity contribution < 1.29 is 9.53 Å². The second kappa shape index (κ2) is 16.3. The minimum Gasteiger partial charge on any atom is -0.378 e. The van der Waals surface area contributed by atoms with Gasteiger partial charge in [-0.25, -0.2) is 0 Å². The Bertz CT molecular complexity index is 444. The lowest BCUT2D eigenvalue weighted by Gasteiger charge is -2.24. The van der Waals surface area contributed by atoms with Gasteiger partial charge < -0.3 is 4.74 Å². The predicted octanol–water partition coefficient (Wildman–Crippen LogP) is 8.77. The van der Waals surface area contributed by atoms with E-state index < -0.39 is 0 Å². The molecule has 2 saturated carbocycles. The molecule has 0 saturated heterocycles. The van der Waals surface area contributed by atoms with Crippen LogP contribution in [-0.4, -0.2) is 19.0 Å². The van der Waals surface area contributed by atoms with Gasteiger partial charge in [0.05, 0.1) is 6.10 Å². The fourth-order valence-corrected chi connectivity index (χ4v) is 5.77. The van der Waals surface area contributed by atoms with Crippen molar-refractivity contribution in [1.29, 1.82) is 0 Å². The molecule has 180 valence electrons. The van der Waals surface area contributed by atoms with Crippen LogP contribution in [0.2, 0.25) is 0 Å². The molecule has 0 N–H and O–H groups in total. The van der Waals surface area contributed by atoms with Crippen LogP contribution in [0.5, 0.6) is 0 Å². The number of hydrogen-bond acceptors (Lipinski definition) is 2. The molecule has 2 fully saturated rings. The number of rotatable bonds is 21. The molecule has 2 radical (unpaired) electrons. The molecule has 0 aromatic carbocycles. The maximum absolute atomic E-state index is 10.2. The molecule has 2 aliphatic rings. The van der Waals surface area contributed by atoms with E-state index in [1.165, 1.54) is 116 Å². The van der Waals surface area contributed by atoms with Crippen molar-refractivity contribution in [2.24, 2.45) is 17.3 Å². The summed E-state index contributed by atoms with van der Waals surface area (Å²) in [5.41, 5.74) is 0.477. The van der Waals surface area contributed by atoms with Crippen LogP contribution < -0.4 is 0 Å². The number of hydrogen-bond donors (Lipinski definition) is 0. The van der Waals surface area contributed by atoms with Gasteiger partial charge >= 0.3 is 0 Å². The zero-order valence-electron chi connectivity index (χ0n) is 21.0. The second-order valence-electron chi connectivity index (χ2n) is 11.4. The summed E-state index contributed by atoms with van der Waals surface area (Å²) in [6, 6.07) is 0. The van der Waals surface area contributed by atoms with Gasteiger partial charge in [-0.05, 0) is 68.6 Å². The summed E-state index contributed by atoms with van der Waals surface area (Å²) >= 11 is 0. The first-order valence-electron chi connectivity index (χ1n) is 13.9. The van der Waals surface area contributed by atoms with Gasteiger partial charge in [-0.3, -0.25) is 4.79 Å². The number of unbranched alkanes of at least 4 members (excludes halogenated alkanes) is 13. The molecule has 0 heterocycles. The standard InChI is InChI=1S/C29H52O2/c1-29(2,21-15-11-12-16-22-30)20-14-10-8-6-4-3-5-7-9-13-17-23-31-28-25-26-18-19-27(28)24-26/h18,26-28H,3-17,19-21,23-25H2,1-2H3. The molecule has 0 spiro atoms. The Morgan fingerprint density at radius 2 is 1.32 bits per heavy atom. The average molecular weight is 433 g/mol. The van der Waals surface area contributed by atoms with E-state index in [1.807, 2.05) is 6.29 Å². The van der Waals surface area contributed by atoms with E-state index in [0.717, 1.165) is 24.9 Å². The highest BCUT2D eigenvalue weighted by atomic mass is 16.5. The Morgan fingerprint density at radius 3 is 1.84 bits per heavy atom. The molecule has 3 atom stereocenters. The lowest BCUT2D eigenvalue weighted by molar-refractivity contribution is 0.0198. The van der Waals surface area contributed by atoms with E-state index in [-0.39, 0.29) is 0 Å². The maximum atomic E-state index is 10.2. The SMILES string of the molecule is CC(C)(CCCCC[C]=O)CCCCCCCCCCCCCOC1CC2[CH]CC1C2. The predicted molar refractivity (Wildman–Crippen MR) is 133 cm³/mol. The molecule has 2 nitrogen and oxygen atoms in total. The van der Waals surface area contributed by atoms with Crippen LogP contribution in [0.25, 0.3) is 0 Å². The third kappa shape index (κ3) is 12.4. The molecule has 2 heteroatoms. The Labute approximate surface area is 194 Å². The van der Waals surface area contributed by atoms with E-state index in [1.54, 1.807) is 0 Å². The molecular formula is C29H52O2. The van der Waals surface area contributed by atoms with Gasteiger partial charge in [0.15, 0.2) is 6.29 Å². The smallest absolute Gasteiger partial charge is 0.198 e. The van der Waals surface area contributed by atoms with Crippen LogP contribution in [0.15, 0.2) is 0 Å². The normalized spacial score (nSPS) is 23.0. The van der Waals surface area contributed by atoms with E-state index in [4.69, 9.17) is 4.74 Å². The Morgan fingerprint density at radius 1 is 0.774 bits per heavy atom. The van der Waals surface area contributed by atoms with Gasteiger partial charge in [0, 0.05) is 13.0 Å². The Hall–Kier alpha value is -0.370. The zero-order chi connectivity index (χ0) is 22.2. The molecule has 2 rings (SSSR count). The van der Waals surface area contributed by atoms with Gasteiger partial charge in [0.1, 0.15) is 0 Å². The zero-order valence-corrected chi connectivity index (χ0v) is 21.0. The van der Waals surface area contributed by atoms with E-state index in [9.17, 15) is 4.79 Å². The molecule has 2 bridgehead atoms. The first-order valence-corrected chi connectivity index (χ1v) is 13.9. The van der Waals surface area contributed by atoms with Crippen molar-refractivity contribution >= 4 is 6.29 Å². The number of carbonyl (C=O) groups excluding carboxylic acids is 1. The maximum Gasteiger partial charge on any atom is 0.198 e. The molecule has 2 aliphatic carbocycles. The highest BCUT2D eigenvalue weighted by molar-refractivity contribution is 5.50. The topological polar surface area (TPSA) is 26.3 Å². The lowest BCUT2D eigenvalue weighted by Crippen LogP contribution is -2.21. The fourth-order valence-electron chi connectivity index (χ4n) is 5.77. The van der Waals surface area contributed by atoms with Crippen molar-refractivity contribution in [1.82, 2.24) is 0 Å². The minimum absolute atomic E-state index is 0.477. The summed E-state index contributed by atoms with van der Waals surface area (Å²) in [7, 11) is 0. The second-order valence-corrected chi connectivity index (χ2v) is 11.4. The molecule has 0 aromatic heterocycles. The van der Waals surface area contributed by atoms with Crippen molar-refractivity contribution in [3.63, 3.8) is 0 Å². The van der Waals surface area contributed by atoms with Crippen LogP contribution in [-0.2, 0) is 9.53 Å². The highest BCUT2D eigenvalue weighted by Gasteiger charge is 2.40. The van der Waals surface area contributed by atoms with Crippen molar-refractivity contribution in [2.75, 3.05) is 6.61 Å². The Balaban J connectivity index is 1.26. The summed E-state index contributed by atoms with van der Waals surface area (Å²) in [5, 5.41) is 0. The third-order valence-corrected chi connectivity index (χ3v) is 7.90.